The van der Waals surface area contributed by atoms with E-state index in [1.54, 1.807) is 37.0 Å². The predicted molar refractivity (Wildman–Crippen MR) is 99.3 cm³/mol. The Kier molecular flexibility index (Phi) is 4.93. The van der Waals surface area contributed by atoms with Gasteiger partial charge in [-0.2, -0.15) is 4.73 Å². The highest BCUT2D eigenvalue weighted by atomic mass is 16.6. The van der Waals surface area contributed by atoms with Crippen LogP contribution >= 0.6 is 0 Å². The maximum absolute atomic E-state index is 12.5. The lowest BCUT2D eigenvalue weighted by Gasteiger charge is -2.08. The van der Waals surface area contributed by atoms with Crippen molar-refractivity contribution in [1.82, 2.24) is 4.73 Å². The van der Waals surface area contributed by atoms with Gasteiger partial charge in [-0.3, -0.25) is 4.79 Å². The number of fused-ring (bicyclic) bond motifs is 1. The molecule has 0 radical (unpaired) electrons. The van der Waals surface area contributed by atoms with Gasteiger partial charge in [0, 0.05) is 17.3 Å². The number of para-hydroxylation sites is 1. The zero-order chi connectivity index (χ0) is 18.7. The third kappa shape index (κ3) is 3.39. The smallest absolute Gasteiger partial charge is 0.338 e. The van der Waals surface area contributed by atoms with E-state index in [4.69, 9.17) is 9.57 Å². The van der Waals surface area contributed by atoms with Crippen LogP contribution in [-0.2, 0) is 16.0 Å². The molecule has 134 valence electrons. The number of nitrogens with one attached hydrogen (secondary N) is 1. The molecule has 3 aromatic rings. The highest BCUT2D eigenvalue weighted by Crippen LogP contribution is 2.22. The Labute approximate surface area is 151 Å². The summed E-state index contributed by atoms with van der Waals surface area (Å²) in [5.41, 5.74) is 3.65. The lowest BCUT2D eigenvalue weighted by molar-refractivity contribution is -0.115. The number of hydrogen-bond acceptors (Lipinski definition) is 4. The molecular formula is C20H20N2O4. The monoisotopic (exact) mass is 352 g/mol. The summed E-state index contributed by atoms with van der Waals surface area (Å²) in [6.07, 6.45) is 2.03. The summed E-state index contributed by atoms with van der Waals surface area (Å²) < 4.78 is 6.38. The van der Waals surface area contributed by atoms with Crippen molar-refractivity contribution in [1.29, 1.82) is 0 Å². The molecule has 0 saturated carbocycles. The van der Waals surface area contributed by atoms with E-state index < -0.39 is 5.97 Å². The molecule has 6 heteroatoms. The van der Waals surface area contributed by atoms with E-state index in [1.165, 1.54) is 7.11 Å². The minimum Gasteiger partial charge on any atom is -0.465 e. The summed E-state index contributed by atoms with van der Waals surface area (Å²) in [5.74, 6) is -0.540. The Bertz CT molecular complexity index is 975. The second-order valence-electron chi connectivity index (χ2n) is 5.93. The summed E-state index contributed by atoms with van der Waals surface area (Å²) in [4.78, 5) is 29.4. The molecule has 0 atom stereocenters. The van der Waals surface area contributed by atoms with Gasteiger partial charge in [-0.1, -0.05) is 18.2 Å². The molecule has 0 aliphatic carbocycles. The van der Waals surface area contributed by atoms with Crippen molar-refractivity contribution in [2.75, 3.05) is 19.5 Å². The Balaban J connectivity index is 1.78. The highest BCUT2D eigenvalue weighted by Gasteiger charge is 2.14. The number of anilines is 1. The first-order chi connectivity index (χ1) is 12.5. The molecule has 2 aromatic carbocycles. The van der Waals surface area contributed by atoms with E-state index in [2.05, 4.69) is 5.32 Å². The molecule has 0 aliphatic heterocycles. The molecule has 0 bridgehead atoms. The number of methoxy groups -OCH3 is 1. The fraction of sp³-hybridized carbons (Fsp3) is 0.200. The van der Waals surface area contributed by atoms with Gasteiger partial charge in [-0.15, -0.1) is 0 Å². The lowest BCUT2D eigenvalue weighted by Crippen LogP contribution is -2.15. The van der Waals surface area contributed by atoms with Crippen LogP contribution in [-0.4, -0.2) is 30.8 Å². The normalized spacial score (nSPS) is 10.6. The number of carbonyl (C=O) groups is 2. The van der Waals surface area contributed by atoms with Crippen LogP contribution in [0.15, 0.2) is 48.7 Å². The zero-order valence-corrected chi connectivity index (χ0v) is 14.9. The Hall–Kier alpha value is -3.28. The van der Waals surface area contributed by atoms with Crippen LogP contribution in [0.1, 0.15) is 21.5 Å². The Morgan fingerprint density at radius 1 is 1.12 bits per heavy atom. The first-order valence-electron chi connectivity index (χ1n) is 8.15. The fourth-order valence-electron chi connectivity index (χ4n) is 2.97. The van der Waals surface area contributed by atoms with Crippen LogP contribution in [0.5, 0.6) is 0 Å². The fourth-order valence-corrected chi connectivity index (χ4v) is 2.97. The summed E-state index contributed by atoms with van der Waals surface area (Å²) in [5, 5.41) is 3.84. The van der Waals surface area contributed by atoms with Crippen LogP contribution in [0.3, 0.4) is 0 Å². The van der Waals surface area contributed by atoms with E-state index in [9.17, 15) is 9.59 Å². The summed E-state index contributed by atoms with van der Waals surface area (Å²) in [6.45, 7) is 1.80. The number of carbonyl (C=O) groups excluding carboxylic acids is 2. The SMILES string of the molecule is COC(=O)c1ccc(NC(=O)Cc2cn(OC)c3ccccc23)cc1C. The van der Waals surface area contributed by atoms with Crippen molar-refractivity contribution in [3.8, 4) is 0 Å². The standard InChI is InChI=1S/C20H20N2O4/c1-13-10-15(8-9-16(13)20(24)25-2)21-19(23)11-14-12-22(26-3)18-7-5-4-6-17(14)18/h4-10,12H,11H2,1-3H3,(H,21,23). The second-order valence-corrected chi connectivity index (χ2v) is 5.93. The maximum atomic E-state index is 12.5. The Morgan fingerprint density at radius 3 is 2.58 bits per heavy atom. The molecule has 6 nitrogen and oxygen atoms in total. The number of esters is 1. The zero-order valence-electron chi connectivity index (χ0n) is 14.9. The minimum absolute atomic E-state index is 0.144. The number of nitrogens with zero attached hydrogens (tertiary/aromatic N) is 1. The minimum atomic E-state index is -0.396. The average Bonchev–Trinajstić information content (AvgIpc) is 2.99. The van der Waals surface area contributed by atoms with Gasteiger partial charge in [0.1, 0.15) is 7.11 Å². The number of rotatable bonds is 5. The van der Waals surface area contributed by atoms with Crippen molar-refractivity contribution in [3.63, 3.8) is 0 Å². The van der Waals surface area contributed by atoms with E-state index >= 15 is 0 Å². The van der Waals surface area contributed by atoms with Gasteiger partial charge in [0.05, 0.1) is 24.6 Å². The lowest BCUT2D eigenvalue weighted by atomic mass is 10.1. The maximum Gasteiger partial charge on any atom is 0.338 e. The molecule has 1 N–H and O–H groups in total. The van der Waals surface area contributed by atoms with Crippen molar-refractivity contribution in [2.24, 2.45) is 0 Å². The molecular weight excluding hydrogens is 332 g/mol. The topological polar surface area (TPSA) is 69.6 Å². The van der Waals surface area contributed by atoms with Gasteiger partial charge in [0.2, 0.25) is 5.91 Å². The second kappa shape index (κ2) is 7.31. The molecule has 0 aliphatic rings. The number of amides is 1. The van der Waals surface area contributed by atoms with Crippen LogP contribution in [0.2, 0.25) is 0 Å². The van der Waals surface area contributed by atoms with Crippen LogP contribution < -0.4 is 10.2 Å². The van der Waals surface area contributed by atoms with E-state index in [0.29, 0.717) is 11.3 Å². The van der Waals surface area contributed by atoms with Gasteiger partial charge < -0.3 is 14.9 Å². The number of benzene rings is 2. The molecule has 1 aromatic heterocycles. The molecule has 26 heavy (non-hydrogen) atoms. The van der Waals surface area contributed by atoms with Crippen molar-refractivity contribution in [2.45, 2.75) is 13.3 Å². The number of hydrogen-bond donors (Lipinski definition) is 1. The third-order valence-electron chi connectivity index (χ3n) is 4.22. The van der Waals surface area contributed by atoms with Gasteiger partial charge >= 0.3 is 5.97 Å². The first kappa shape index (κ1) is 17.5. The number of ether oxygens (including phenoxy) is 1. The quantitative estimate of drug-likeness (QED) is 0.717. The number of aryl methyl sites for hydroxylation is 1. The largest absolute Gasteiger partial charge is 0.465 e. The van der Waals surface area contributed by atoms with Crippen molar-refractivity contribution in [3.05, 3.63) is 65.4 Å². The van der Waals surface area contributed by atoms with Crippen molar-refractivity contribution < 1.29 is 19.2 Å². The first-order valence-corrected chi connectivity index (χ1v) is 8.15. The van der Waals surface area contributed by atoms with E-state index in [1.807, 2.05) is 30.5 Å². The highest BCUT2D eigenvalue weighted by molar-refractivity contribution is 5.97. The molecule has 1 amide bonds. The van der Waals surface area contributed by atoms with Gasteiger partial charge in [0.15, 0.2) is 0 Å². The summed E-state index contributed by atoms with van der Waals surface area (Å²) >= 11 is 0. The number of aromatic nitrogens is 1. The molecule has 3 rings (SSSR count). The van der Waals surface area contributed by atoms with E-state index in [-0.39, 0.29) is 12.3 Å². The van der Waals surface area contributed by atoms with Gasteiger partial charge in [-0.25, -0.2) is 4.79 Å². The van der Waals surface area contributed by atoms with Gasteiger partial charge in [-0.05, 0) is 42.3 Å². The summed E-state index contributed by atoms with van der Waals surface area (Å²) in [6, 6.07) is 12.8. The molecule has 1 heterocycles. The van der Waals surface area contributed by atoms with E-state index in [0.717, 1.165) is 22.0 Å². The molecule has 0 spiro atoms. The molecule has 0 fully saturated rings. The summed E-state index contributed by atoms with van der Waals surface area (Å²) in [7, 11) is 2.93. The van der Waals surface area contributed by atoms with Gasteiger partial charge in [0.25, 0.3) is 0 Å². The average molecular weight is 352 g/mol. The third-order valence-corrected chi connectivity index (χ3v) is 4.22. The Morgan fingerprint density at radius 2 is 1.88 bits per heavy atom. The van der Waals surface area contributed by atoms with Crippen LogP contribution in [0, 0.1) is 6.92 Å². The molecule has 0 saturated heterocycles. The van der Waals surface area contributed by atoms with Crippen LogP contribution in [0.4, 0.5) is 5.69 Å². The predicted octanol–water partition coefficient (Wildman–Crippen LogP) is 2.98. The molecule has 0 unspecified atom stereocenters. The van der Waals surface area contributed by atoms with Crippen LogP contribution in [0.25, 0.3) is 10.9 Å². The van der Waals surface area contributed by atoms with Crippen molar-refractivity contribution >= 4 is 28.5 Å².